The zero-order valence-corrected chi connectivity index (χ0v) is 18.9. The van der Waals surface area contributed by atoms with Crippen molar-refractivity contribution in [2.24, 2.45) is 14.1 Å². The highest BCUT2D eigenvalue weighted by molar-refractivity contribution is 8.00. The van der Waals surface area contributed by atoms with Gasteiger partial charge in [-0.25, -0.2) is 14.8 Å². The number of carbonyl (C=O) groups is 1. The molecule has 0 fully saturated rings. The van der Waals surface area contributed by atoms with E-state index in [9.17, 15) is 24.5 Å². The zero-order valence-electron chi connectivity index (χ0n) is 18.1. The van der Waals surface area contributed by atoms with Crippen molar-refractivity contribution in [3.8, 4) is 11.4 Å². The predicted octanol–water partition coefficient (Wildman–Crippen LogP) is 2.33. The summed E-state index contributed by atoms with van der Waals surface area (Å²) in [4.78, 5) is 57.2. The van der Waals surface area contributed by atoms with Gasteiger partial charge >= 0.3 is 5.69 Å². The first-order valence-electron chi connectivity index (χ1n) is 9.96. The molecule has 34 heavy (non-hydrogen) atoms. The van der Waals surface area contributed by atoms with E-state index >= 15 is 0 Å². The van der Waals surface area contributed by atoms with Crippen LogP contribution in [0.25, 0.3) is 22.4 Å². The van der Waals surface area contributed by atoms with Crippen LogP contribution in [0.5, 0.6) is 0 Å². The monoisotopic (exact) mass is 478 g/mol. The number of hydrogen-bond acceptors (Lipinski definition) is 8. The van der Waals surface area contributed by atoms with E-state index in [1.165, 1.54) is 42.9 Å². The molecule has 0 saturated carbocycles. The maximum Gasteiger partial charge on any atom is 0.332 e. The number of anilines is 1. The van der Waals surface area contributed by atoms with Gasteiger partial charge in [0.05, 0.1) is 10.7 Å². The van der Waals surface area contributed by atoms with Crippen LogP contribution in [0.4, 0.5) is 11.4 Å². The Hall–Kier alpha value is -4.32. The van der Waals surface area contributed by atoms with Crippen LogP contribution in [0, 0.1) is 10.1 Å². The highest BCUT2D eigenvalue weighted by Gasteiger charge is 2.19. The molecule has 0 bridgehead atoms. The van der Waals surface area contributed by atoms with Gasteiger partial charge < -0.3 is 5.32 Å². The second-order valence-corrected chi connectivity index (χ2v) is 8.23. The summed E-state index contributed by atoms with van der Waals surface area (Å²) in [5, 5.41) is 14.1. The van der Waals surface area contributed by atoms with Crippen molar-refractivity contribution in [2.75, 3.05) is 11.1 Å². The second-order valence-electron chi connectivity index (χ2n) is 7.26. The predicted molar refractivity (Wildman–Crippen MR) is 128 cm³/mol. The molecule has 2 heterocycles. The van der Waals surface area contributed by atoms with Crippen LogP contribution < -0.4 is 16.6 Å². The number of aryl methyl sites for hydroxylation is 1. The van der Waals surface area contributed by atoms with E-state index in [0.717, 1.165) is 16.3 Å². The highest BCUT2D eigenvalue weighted by Crippen LogP contribution is 2.27. The number of aromatic nitrogens is 4. The topological polar surface area (TPSA) is 142 Å². The van der Waals surface area contributed by atoms with Crippen molar-refractivity contribution in [3.05, 3.63) is 85.5 Å². The average Bonchev–Trinajstić information content (AvgIpc) is 2.85. The number of nitrogens with zero attached hydrogens (tertiary/aromatic N) is 5. The summed E-state index contributed by atoms with van der Waals surface area (Å²) in [6.07, 6.45) is 0. The Morgan fingerprint density at radius 1 is 1.03 bits per heavy atom. The third-order valence-electron chi connectivity index (χ3n) is 5.00. The van der Waals surface area contributed by atoms with Crippen molar-refractivity contribution in [3.63, 3.8) is 0 Å². The van der Waals surface area contributed by atoms with Crippen molar-refractivity contribution < 1.29 is 9.72 Å². The smallest absolute Gasteiger partial charge is 0.325 e. The van der Waals surface area contributed by atoms with Gasteiger partial charge in [-0.05, 0) is 24.3 Å². The maximum atomic E-state index is 12.9. The van der Waals surface area contributed by atoms with Gasteiger partial charge in [-0.1, -0.05) is 30.0 Å². The average molecular weight is 478 g/mol. The van der Waals surface area contributed by atoms with Gasteiger partial charge in [0.25, 0.3) is 11.2 Å². The van der Waals surface area contributed by atoms with Gasteiger partial charge in [0.1, 0.15) is 10.4 Å². The molecule has 1 amide bonds. The first-order valence-corrected chi connectivity index (χ1v) is 10.9. The molecule has 0 aliphatic rings. The third kappa shape index (κ3) is 4.43. The highest BCUT2D eigenvalue weighted by atomic mass is 32.2. The lowest BCUT2D eigenvalue weighted by Gasteiger charge is -2.12. The molecular formula is C22H18N6O5S. The molecule has 2 aromatic carbocycles. The fourth-order valence-electron chi connectivity index (χ4n) is 3.25. The van der Waals surface area contributed by atoms with Gasteiger partial charge in [-0.2, -0.15) is 0 Å². The van der Waals surface area contributed by atoms with Gasteiger partial charge in [-0.3, -0.25) is 28.8 Å². The number of nitro benzene ring substituents is 1. The zero-order chi connectivity index (χ0) is 24.4. The number of rotatable bonds is 6. The molecule has 0 atom stereocenters. The summed E-state index contributed by atoms with van der Waals surface area (Å²) in [7, 11) is 2.83. The molecule has 0 saturated heterocycles. The number of thioether (sulfide) groups is 1. The normalized spacial score (nSPS) is 10.9. The van der Waals surface area contributed by atoms with Crippen LogP contribution in [-0.4, -0.2) is 35.7 Å². The Kier molecular flexibility index (Phi) is 6.23. The minimum absolute atomic E-state index is 0.0489. The lowest BCUT2D eigenvalue weighted by molar-refractivity contribution is -0.384. The van der Waals surface area contributed by atoms with Crippen molar-refractivity contribution in [2.45, 2.75) is 5.03 Å². The first-order chi connectivity index (χ1) is 16.3. The maximum absolute atomic E-state index is 12.9. The number of nitro groups is 1. The molecular weight excluding hydrogens is 460 g/mol. The van der Waals surface area contributed by atoms with Crippen molar-refractivity contribution >= 4 is 40.1 Å². The molecule has 2 aromatic heterocycles. The molecule has 0 radical (unpaired) electrons. The van der Waals surface area contributed by atoms with Crippen molar-refractivity contribution in [1.29, 1.82) is 0 Å². The number of nitrogens with one attached hydrogen (secondary N) is 1. The first kappa shape index (κ1) is 22.9. The summed E-state index contributed by atoms with van der Waals surface area (Å²) < 4.78 is 2.17. The minimum atomic E-state index is -0.584. The number of hydrogen-bond donors (Lipinski definition) is 1. The van der Waals surface area contributed by atoms with Crippen LogP contribution in [0.2, 0.25) is 0 Å². The van der Waals surface area contributed by atoms with Gasteiger partial charge in [-0.15, -0.1) is 0 Å². The van der Waals surface area contributed by atoms with Crippen LogP contribution in [0.1, 0.15) is 0 Å². The molecule has 172 valence electrons. The van der Waals surface area contributed by atoms with E-state index in [4.69, 9.17) is 0 Å². The van der Waals surface area contributed by atoms with E-state index in [0.29, 0.717) is 11.3 Å². The molecule has 11 nitrogen and oxygen atoms in total. The van der Waals surface area contributed by atoms with Gasteiger partial charge in [0, 0.05) is 37.5 Å². The summed E-state index contributed by atoms with van der Waals surface area (Å²) in [5.74, 6) is -0.190. The van der Waals surface area contributed by atoms with Crippen LogP contribution in [0.3, 0.4) is 0 Å². The van der Waals surface area contributed by atoms with E-state index in [2.05, 4.69) is 15.3 Å². The Morgan fingerprint density at radius 2 is 1.71 bits per heavy atom. The van der Waals surface area contributed by atoms with Crippen LogP contribution >= 0.6 is 11.8 Å². The number of non-ortho nitro benzene ring substituents is 1. The molecule has 1 N–H and O–H groups in total. The quantitative estimate of drug-likeness (QED) is 0.193. The van der Waals surface area contributed by atoms with Gasteiger partial charge in [0.15, 0.2) is 11.5 Å². The lowest BCUT2D eigenvalue weighted by Crippen LogP contribution is -2.37. The van der Waals surface area contributed by atoms with E-state index < -0.39 is 16.2 Å². The summed E-state index contributed by atoms with van der Waals surface area (Å²) in [5.41, 5.74) is -0.0647. The Morgan fingerprint density at radius 3 is 2.35 bits per heavy atom. The summed E-state index contributed by atoms with van der Waals surface area (Å²) in [6, 6.07) is 14.5. The van der Waals surface area contributed by atoms with Crippen molar-refractivity contribution in [1.82, 2.24) is 19.1 Å². The molecule has 12 heteroatoms. The molecule has 0 aliphatic carbocycles. The molecule has 4 aromatic rings. The third-order valence-corrected chi connectivity index (χ3v) is 5.98. The minimum Gasteiger partial charge on any atom is -0.325 e. The van der Waals surface area contributed by atoms with E-state index in [-0.39, 0.29) is 39.2 Å². The fraction of sp³-hybridized carbons (Fsp3) is 0.136. The second kappa shape index (κ2) is 9.27. The van der Waals surface area contributed by atoms with Gasteiger partial charge in [0.2, 0.25) is 5.91 Å². The summed E-state index contributed by atoms with van der Waals surface area (Å²) >= 11 is 1.03. The van der Waals surface area contributed by atoms with E-state index in [1.54, 1.807) is 24.3 Å². The number of fused-ring (bicyclic) bond motifs is 1. The standard InChI is InChI=1S/C22H18N6O5S/c1-26-19-17(21(30)27(2)22(26)31)20(34-12-16(29)23-14-6-4-3-5-7-14)25-18(24-19)13-8-10-15(11-9-13)28(32)33/h3-11H,12H2,1-2H3,(H,23,29). The number of benzene rings is 2. The van der Waals surface area contributed by atoms with Crippen LogP contribution in [0.15, 0.2) is 69.2 Å². The molecule has 4 rings (SSSR count). The molecule has 0 spiro atoms. The van der Waals surface area contributed by atoms with Crippen LogP contribution in [-0.2, 0) is 18.9 Å². The SMILES string of the molecule is Cn1c(=O)c2c(SCC(=O)Nc3ccccc3)nc(-c3ccc([N+](=O)[O-])cc3)nc2n(C)c1=O. The number of carbonyl (C=O) groups excluding carboxylic acids is 1. The fourth-order valence-corrected chi connectivity index (χ4v) is 4.06. The number of amides is 1. The number of para-hydroxylation sites is 1. The lowest BCUT2D eigenvalue weighted by atomic mass is 10.2. The molecule has 0 unspecified atom stereocenters. The Bertz CT molecular complexity index is 1530. The Labute approximate surface area is 196 Å². The molecule has 0 aliphatic heterocycles. The largest absolute Gasteiger partial charge is 0.332 e. The Balaban J connectivity index is 1.78. The van der Waals surface area contributed by atoms with E-state index in [1.807, 2.05) is 6.07 Å². The summed E-state index contributed by atoms with van der Waals surface area (Å²) in [6.45, 7) is 0.